The number of ketones is 1. The number of hydrogen-bond acceptors (Lipinski definition) is 14. The van der Waals surface area contributed by atoms with Crippen LogP contribution in [0.5, 0.6) is 5.75 Å². The Morgan fingerprint density at radius 1 is 0.564 bits per heavy atom. The molecule has 2 aromatic rings. The lowest BCUT2D eigenvalue weighted by atomic mass is 9.96. The number of carbonyl (C=O) groups is 5. The lowest BCUT2D eigenvalue weighted by Gasteiger charge is -2.28. The van der Waals surface area contributed by atoms with Crippen LogP contribution in [0, 0.1) is 10.1 Å². The van der Waals surface area contributed by atoms with Gasteiger partial charge in [0.1, 0.15) is 28.2 Å². The van der Waals surface area contributed by atoms with Crippen molar-refractivity contribution in [3.8, 4) is 5.75 Å². The average molecular weight is 772 g/mol. The minimum absolute atomic E-state index is 0.117. The number of nitro groups is 1. The topological polar surface area (TPSA) is 181 Å². The maximum atomic E-state index is 14.0. The highest BCUT2D eigenvalue weighted by Gasteiger charge is 2.29. The molecule has 0 saturated carbocycles. The summed E-state index contributed by atoms with van der Waals surface area (Å²) in [6.07, 6.45) is 0. The Kier molecular flexibility index (Phi) is 15.7. The third-order valence-corrected chi connectivity index (χ3v) is 6.93. The van der Waals surface area contributed by atoms with E-state index in [-0.39, 0.29) is 61.8 Å². The molecule has 0 saturated heterocycles. The molecule has 0 atom stereocenters. The van der Waals surface area contributed by atoms with E-state index in [1.807, 2.05) is 0 Å². The first-order chi connectivity index (χ1) is 25.0. The van der Waals surface area contributed by atoms with Crippen molar-refractivity contribution in [2.75, 3.05) is 33.3 Å². The summed E-state index contributed by atoms with van der Waals surface area (Å²) in [4.78, 5) is 80.1. The monoisotopic (exact) mass is 771 g/mol. The van der Waals surface area contributed by atoms with Crippen molar-refractivity contribution >= 4 is 35.3 Å². The Bertz CT molecular complexity index is 1560. The lowest BCUT2D eigenvalue weighted by molar-refractivity contribution is -0.384. The van der Waals surface area contributed by atoms with E-state index in [4.69, 9.17) is 23.7 Å². The molecule has 0 radical (unpaired) electrons. The standard InChI is InChI=1S/C40H57N3O12/c1-37(2,3)52-31(44)22-41(23-32(45)53-38(4,5)6)20-28-18-27(35(48)26-14-16-30(17-15-26)43(49)50)19-29(36(28)51-13)21-42(24-33(46)54-39(7,8)9)25-34(47)55-40(10,11)12/h14-19H,20-25H2,1-13H3. The quantitative estimate of drug-likeness (QED) is 0.0656. The van der Waals surface area contributed by atoms with Gasteiger partial charge in [0.15, 0.2) is 5.78 Å². The maximum Gasteiger partial charge on any atom is 0.320 e. The average Bonchev–Trinajstić information content (AvgIpc) is 2.96. The minimum Gasteiger partial charge on any atom is -0.496 e. The lowest BCUT2D eigenvalue weighted by Crippen LogP contribution is -2.40. The molecule has 0 aromatic heterocycles. The third kappa shape index (κ3) is 17.4. The zero-order valence-corrected chi connectivity index (χ0v) is 34.4. The van der Waals surface area contributed by atoms with E-state index in [0.29, 0.717) is 11.1 Å². The van der Waals surface area contributed by atoms with Crippen molar-refractivity contribution < 1.29 is 52.6 Å². The number of non-ortho nitro benzene ring substituents is 1. The fourth-order valence-corrected chi connectivity index (χ4v) is 5.33. The summed E-state index contributed by atoms with van der Waals surface area (Å²) in [7, 11) is 1.40. The first kappa shape index (κ1) is 46.3. The Labute approximate surface area is 323 Å². The van der Waals surface area contributed by atoms with Crippen LogP contribution in [0.4, 0.5) is 5.69 Å². The number of hydrogen-bond donors (Lipinski definition) is 0. The van der Waals surface area contributed by atoms with Crippen LogP contribution in [0.3, 0.4) is 0 Å². The first-order valence-corrected chi connectivity index (χ1v) is 17.8. The van der Waals surface area contributed by atoms with Gasteiger partial charge >= 0.3 is 23.9 Å². The van der Waals surface area contributed by atoms with Crippen molar-refractivity contribution in [2.45, 2.75) is 119 Å². The number of nitro benzene ring substituents is 1. The molecule has 15 heteroatoms. The minimum atomic E-state index is -0.817. The summed E-state index contributed by atoms with van der Waals surface area (Å²) in [6.45, 7) is 19.0. The highest BCUT2D eigenvalue weighted by Crippen LogP contribution is 2.31. The molecule has 0 aliphatic rings. The molecule has 2 aromatic carbocycles. The molecule has 0 aliphatic heterocycles. The van der Waals surface area contributed by atoms with Gasteiger partial charge in [0.05, 0.1) is 38.2 Å². The second kappa shape index (κ2) is 18.6. The predicted octanol–water partition coefficient (Wildman–Crippen LogP) is 5.81. The van der Waals surface area contributed by atoms with Gasteiger partial charge in [-0.2, -0.15) is 0 Å². The van der Waals surface area contributed by atoms with Crippen molar-refractivity contribution in [1.29, 1.82) is 0 Å². The summed E-state index contributed by atoms with van der Waals surface area (Å²) in [5.41, 5.74) is -2.46. The number of benzene rings is 2. The molecule has 55 heavy (non-hydrogen) atoms. The number of nitrogens with zero attached hydrogens (tertiary/aromatic N) is 3. The summed E-state index contributed by atoms with van der Waals surface area (Å²) in [6, 6.07) is 8.17. The van der Waals surface area contributed by atoms with E-state index >= 15 is 0 Å². The zero-order valence-electron chi connectivity index (χ0n) is 34.4. The molecular formula is C40H57N3O12. The van der Waals surface area contributed by atoms with Crippen LogP contribution in [0.25, 0.3) is 0 Å². The SMILES string of the molecule is COc1c(CN(CC(=O)OC(C)(C)C)CC(=O)OC(C)(C)C)cc(C(=O)c2ccc([N+](=O)[O-])cc2)cc1CN(CC(=O)OC(C)(C)C)CC(=O)OC(C)(C)C. The van der Waals surface area contributed by atoms with Gasteiger partial charge < -0.3 is 23.7 Å². The van der Waals surface area contributed by atoms with Crippen LogP contribution in [0.2, 0.25) is 0 Å². The van der Waals surface area contributed by atoms with E-state index < -0.39 is 57.0 Å². The summed E-state index contributed by atoms with van der Waals surface area (Å²) in [5, 5.41) is 11.3. The summed E-state index contributed by atoms with van der Waals surface area (Å²) < 4.78 is 28.1. The van der Waals surface area contributed by atoms with E-state index in [1.54, 1.807) is 83.1 Å². The second-order valence-corrected chi connectivity index (χ2v) is 17.1. The molecule has 2 rings (SSSR count). The Morgan fingerprint density at radius 3 is 1.13 bits per heavy atom. The van der Waals surface area contributed by atoms with Gasteiger partial charge in [-0.3, -0.25) is 43.9 Å². The molecule has 0 spiro atoms. The molecule has 304 valence electrons. The largest absolute Gasteiger partial charge is 0.496 e. The van der Waals surface area contributed by atoms with Gasteiger partial charge in [-0.05, 0) is 107 Å². The first-order valence-electron chi connectivity index (χ1n) is 17.8. The molecule has 0 fully saturated rings. The van der Waals surface area contributed by atoms with Gasteiger partial charge in [-0.1, -0.05) is 0 Å². The number of ether oxygens (including phenoxy) is 5. The van der Waals surface area contributed by atoms with Crippen molar-refractivity contribution in [3.63, 3.8) is 0 Å². The van der Waals surface area contributed by atoms with E-state index in [9.17, 15) is 34.1 Å². The molecule has 0 unspecified atom stereocenters. The Hall–Kier alpha value is -4.89. The van der Waals surface area contributed by atoms with Gasteiger partial charge in [0.2, 0.25) is 0 Å². The van der Waals surface area contributed by atoms with Crippen LogP contribution in [-0.4, -0.2) is 100 Å². The molecule has 0 heterocycles. The number of esters is 4. The molecule has 0 bridgehead atoms. The van der Waals surface area contributed by atoms with Crippen LogP contribution in [0.1, 0.15) is 110 Å². The summed E-state index contributed by atoms with van der Waals surface area (Å²) >= 11 is 0. The van der Waals surface area contributed by atoms with Gasteiger partial charge in [0.25, 0.3) is 5.69 Å². The fraction of sp³-hybridized carbons (Fsp3) is 0.575. The maximum absolute atomic E-state index is 14.0. The zero-order chi connectivity index (χ0) is 42.1. The van der Waals surface area contributed by atoms with Crippen molar-refractivity contribution in [3.05, 3.63) is 68.8 Å². The molecule has 0 amide bonds. The molecule has 0 aliphatic carbocycles. The Morgan fingerprint density at radius 2 is 0.873 bits per heavy atom. The second-order valence-electron chi connectivity index (χ2n) is 17.1. The predicted molar refractivity (Wildman–Crippen MR) is 203 cm³/mol. The smallest absolute Gasteiger partial charge is 0.320 e. The van der Waals surface area contributed by atoms with E-state index in [0.717, 1.165) is 0 Å². The van der Waals surface area contributed by atoms with Crippen LogP contribution >= 0.6 is 0 Å². The molecular weight excluding hydrogens is 714 g/mol. The van der Waals surface area contributed by atoms with Crippen molar-refractivity contribution in [2.24, 2.45) is 0 Å². The van der Waals surface area contributed by atoms with E-state index in [2.05, 4.69) is 0 Å². The Balaban J connectivity index is 2.78. The van der Waals surface area contributed by atoms with Gasteiger partial charge in [-0.25, -0.2) is 0 Å². The molecule has 0 N–H and O–H groups in total. The van der Waals surface area contributed by atoms with Gasteiger partial charge in [-0.15, -0.1) is 0 Å². The van der Waals surface area contributed by atoms with Crippen LogP contribution in [0.15, 0.2) is 36.4 Å². The van der Waals surface area contributed by atoms with Crippen molar-refractivity contribution in [1.82, 2.24) is 9.80 Å². The number of carbonyl (C=O) groups excluding carboxylic acids is 5. The van der Waals surface area contributed by atoms with E-state index in [1.165, 1.54) is 53.3 Å². The molecule has 15 nitrogen and oxygen atoms in total. The third-order valence-electron chi connectivity index (χ3n) is 6.93. The van der Waals surface area contributed by atoms with Gasteiger partial charge in [0, 0.05) is 47.5 Å². The fourth-order valence-electron chi connectivity index (χ4n) is 5.33. The number of rotatable bonds is 16. The number of methoxy groups -OCH3 is 1. The highest BCUT2D eigenvalue weighted by molar-refractivity contribution is 6.09. The highest BCUT2D eigenvalue weighted by atomic mass is 16.6. The summed E-state index contributed by atoms with van der Waals surface area (Å²) in [5.74, 6) is -2.72. The van der Waals surface area contributed by atoms with Crippen LogP contribution in [-0.2, 0) is 51.2 Å². The normalized spacial score (nSPS) is 12.3. The van der Waals surface area contributed by atoms with Crippen LogP contribution < -0.4 is 4.74 Å².